The maximum atomic E-state index is 13.7. The maximum absolute atomic E-state index is 13.7. The van der Waals surface area contributed by atoms with Crippen LogP contribution >= 0.6 is 0 Å². The highest BCUT2D eigenvalue weighted by Gasteiger charge is 2.52. The molecule has 1 aliphatic rings. The van der Waals surface area contributed by atoms with Crippen molar-refractivity contribution in [2.24, 2.45) is 0 Å². The summed E-state index contributed by atoms with van der Waals surface area (Å²) in [5, 5.41) is 11.6. The van der Waals surface area contributed by atoms with Gasteiger partial charge in [0, 0.05) is 0 Å². The minimum atomic E-state index is -5.05. The minimum Gasteiger partial charge on any atom is -0.493 e. The quantitative estimate of drug-likeness (QED) is 0.258. The molecule has 3 amide bonds. The van der Waals surface area contributed by atoms with Crippen molar-refractivity contribution in [3.63, 3.8) is 0 Å². The number of rotatable bonds is 6. The van der Waals surface area contributed by atoms with Gasteiger partial charge in [0.15, 0.2) is 11.5 Å². The predicted molar refractivity (Wildman–Crippen MR) is 110 cm³/mol. The first-order chi connectivity index (χ1) is 15.7. The number of nitrogens with zero attached hydrogens (tertiary/aromatic N) is 3. The van der Waals surface area contributed by atoms with E-state index in [1.807, 2.05) is 0 Å². The van der Waals surface area contributed by atoms with Gasteiger partial charge in [-0.1, -0.05) is 0 Å². The molecule has 0 N–H and O–H groups in total. The molecule has 1 saturated heterocycles. The lowest BCUT2D eigenvalue weighted by atomic mass is 10.0. The molecule has 0 saturated carbocycles. The number of nitro benzene ring substituents is 1. The molecule has 9 nitrogen and oxygen atoms in total. The minimum absolute atomic E-state index is 0.00573. The van der Waals surface area contributed by atoms with Crippen molar-refractivity contribution in [1.29, 1.82) is 0 Å². The monoisotopic (exact) mass is 485 g/mol. The molecular weight excluding hydrogens is 466 g/mol. The molecule has 0 unspecified atom stereocenters. The van der Waals surface area contributed by atoms with E-state index in [0.717, 1.165) is 17.0 Å². The summed E-state index contributed by atoms with van der Waals surface area (Å²) in [4.78, 5) is 38.6. The fraction of sp³-hybridized carbons (Fsp3) is 0.333. The van der Waals surface area contributed by atoms with Gasteiger partial charge < -0.3 is 14.4 Å². The van der Waals surface area contributed by atoms with Gasteiger partial charge in [-0.2, -0.15) is 13.2 Å². The summed E-state index contributed by atoms with van der Waals surface area (Å²) >= 11 is 0. The van der Waals surface area contributed by atoms with Crippen molar-refractivity contribution < 1.29 is 41.5 Å². The first-order valence-electron chi connectivity index (χ1n) is 9.66. The van der Waals surface area contributed by atoms with Gasteiger partial charge >= 0.3 is 12.2 Å². The van der Waals surface area contributed by atoms with E-state index in [1.54, 1.807) is 0 Å². The Morgan fingerprint density at radius 1 is 1.06 bits per heavy atom. The number of carbonyl (C=O) groups excluding carboxylic acids is 2. The molecule has 0 bridgehead atoms. The summed E-state index contributed by atoms with van der Waals surface area (Å²) in [5.74, 6) is -2.26. The molecule has 0 aliphatic carbocycles. The Morgan fingerprint density at radius 2 is 1.65 bits per heavy atom. The number of hydrogen-bond donors (Lipinski definition) is 0. The van der Waals surface area contributed by atoms with Crippen LogP contribution in [0.3, 0.4) is 0 Å². The van der Waals surface area contributed by atoms with Crippen molar-refractivity contribution in [2.45, 2.75) is 32.1 Å². The largest absolute Gasteiger partial charge is 0.493 e. The van der Waals surface area contributed by atoms with Gasteiger partial charge in [0.2, 0.25) is 0 Å². The average Bonchev–Trinajstić information content (AvgIpc) is 2.92. The highest BCUT2D eigenvalue weighted by molar-refractivity contribution is 6.23. The lowest BCUT2D eigenvalue weighted by Crippen LogP contribution is -2.43. The smallest absolute Gasteiger partial charge is 0.419 e. The van der Waals surface area contributed by atoms with Crippen LogP contribution in [0, 0.1) is 15.9 Å². The van der Waals surface area contributed by atoms with Crippen LogP contribution < -0.4 is 14.4 Å². The second-order valence-electron chi connectivity index (χ2n) is 7.82. The highest BCUT2D eigenvalue weighted by atomic mass is 19.4. The number of ether oxygens (including phenoxy) is 2. The number of halogens is 4. The first-order valence-corrected chi connectivity index (χ1v) is 9.66. The zero-order valence-corrected chi connectivity index (χ0v) is 18.4. The molecule has 2 aromatic carbocycles. The average molecular weight is 485 g/mol. The summed E-state index contributed by atoms with van der Waals surface area (Å²) < 4.78 is 63.4. The molecule has 34 heavy (non-hydrogen) atoms. The number of benzene rings is 2. The molecule has 3 rings (SSSR count). The van der Waals surface area contributed by atoms with Crippen LogP contribution in [-0.4, -0.2) is 41.5 Å². The molecule has 1 fully saturated rings. The first kappa shape index (κ1) is 24.7. The number of methoxy groups -OCH3 is 2. The third-order valence-electron chi connectivity index (χ3n) is 5.45. The van der Waals surface area contributed by atoms with Crippen molar-refractivity contribution in [1.82, 2.24) is 4.90 Å². The lowest BCUT2D eigenvalue weighted by Gasteiger charge is -2.27. The number of urea groups is 1. The van der Waals surface area contributed by atoms with Gasteiger partial charge in [-0.15, -0.1) is 0 Å². The molecule has 0 radical (unpaired) electrons. The number of hydrogen-bond acceptors (Lipinski definition) is 6. The van der Waals surface area contributed by atoms with Crippen LogP contribution in [-0.2, 0) is 17.5 Å². The Kier molecular flexibility index (Phi) is 6.16. The Balaban J connectivity index is 2.07. The summed E-state index contributed by atoms with van der Waals surface area (Å²) in [6.45, 7) is 2.24. The Morgan fingerprint density at radius 3 is 2.18 bits per heavy atom. The van der Waals surface area contributed by atoms with Gasteiger partial charge in [-0.25, -0.2) is 14.1 Å². The van der Waals surface area contributed by atoms with E-state index in [-0.39, 0.29) is 17.1 Å². The van der Waals surface area contributed by atoms with Gasteiger partial charge in [-0.3, -0.25) is 14.9 Å². The lowest BCUT2D eigenvalue weighted by molar-refractivity contribution is -0.385. The molecule has 1 aliphatic heterocycles. The normalized spacial score (nSPS) is 15.6. The van der Waals surface area contributed by atoms with E-state index < -0.39 is 57.9 Å². The summed E-state index contributed by atoms with van der Waals surface area (Å²) in [6.07, 6.45) is -5.05. The van der Waals surface area contributed by atoms with E-state index in [1.165, 1.54) is 34.1 Å². The molecule has 0 aromatic heterocycles. The molecular formula is C21H19F4N3O6. The highest BCUT2D eigenvalue weighted by Crippen LogP contribution is 2.40. The van der Waals surface area contributed by atoms with Crippen molar-refractivity contribution >= 4 is 23.3 Å². The second kappa shape index (κ2) is 8.47. The van der Waals surface area contributed by atoms with Crippen LogP contribution in [0.1, 0.15) is 25.0 Å². The predicted octanol–water partition coefficient (Wildman–Crippen LogP) is 4.52. The summed E-state index contributed by atoms with van der Waals surface area (Å²) in [5.41, 5.74) is -4.15. The third kappa shape index (κ3) is 4.08. The molecule has 182 valence electrons. The van der Waals surface area contributed by atoms with Crippen LogP contribution in [0.15, 0.2) is 30.3 Å². The fourth-order valence-corrected chi connectivity index (χ4v) is 3.58. The number of carbonyl (C=O) groups is 2. The van der Waals surface area contributed by atoms with Crippen LogP contribution in [0.5, 0.6) is 11.5 Å². The van der Waals surface area contributed by atoms with Crippen LogP contribution in [0.25, 0.3) is 0 Å². The molecule has 13 heteroatoms. The zero-order chi connectivity index (χ0) is 25.6. The van der Waals surface area contributed by atoms with E-state index in [2.05, 4.69) is 0 Å². The number of alkyl halides is 3. The van der Waals surface area contributed by atoms with Gasteiger partial charge in [0.1, 0.15) is 11.4 Å². The second-order valence-corrected chi connectivity index (χ2v) is 7.82. The maximum Gasteiger partial charge on any atom is 0.419 e. The Bertz CT molecular complexity index is 1180. The molecule has 0 atom stereocenters. The van der Waals surface area contributed by atoms with E-state index in [0.29, 0.717) is 17.0 Å². The fourth-order valence-electron chi connectivity index (χ4n) is 3.58. The van der Waals surface area contributed by atoms with Gasteiger partial charge in [-0.05, 0) is 38.1 Å². The Labute approximate surface area is 190 Å². The number of amides is 3. The number of nitro groups is 1. The topological polar surface area (TPSA) is 102 Å². The van der Waals surface area contributed by atoms with E-state index >= 15 is 0 Å². The Hall–Kier alpha value is -3.90. The number of imide groups is 1. The molecule has 2 aromatic rings. The summed E-state index contributed by atoms with van der Waals surface area (Å²) in [7, 11) is 2.58. The van der Waals surface area contributed by atoms with Crippen LogP contribution in [0.2, 0.25) is 0 Å². The number of anilines is 1. The van der Waals surface area contributed by atoms with Gasteiger partial charge in [0.25, 0.3) is 11.6 Å². The standard InChI is InChI=1S/C21H19F4N3O6/c1-20(2)18(29)27(12-5-6-14(22)13(8-12)21(23,24)25)19(30)26(20)10-11-7-16(33-3)17(34-4)9-15(11)28(31)32/h5-9H,10H2,1-4H3. The summed E-state index contributed by atoms with van der Waals surface area (Å²) in [6, 6.07) is 3.08. The van der Waals surface area contributed by atoms with E-state index in [4.69, 9.17) is 9.47 Å². The van der Waals surface area contributed by atoms with Crippen LogP contribution in [0.4, 0.5) is 33.7 Å². The molecule has 1 heterocycles. The molecule has 0 spiro atoms. The van der Waals surface area contributed by atoms with Crippen molar-refractivity contribution in [2.75, 3.05) is 19.1 Å². The third-order valence-corrected chi connectivity index (χ3v) is 5.45. The van der Waals surface area contributed by atoms with Gasteiger partial charge in [0.05, 0.1) is 48.6 Å². The van der Waals surface area contributed by atoms with E-state index in [9.17, 15) is 37.3 Å². The SMILES string of the molecule is COc1cc(CN2C(=O)N(c3ccc(F)c(C(F)(F)F)c3)C(=O)C2(C)C)c([N+](=O)[O-])cc1OC. The van der Waals surface area contributed by atoms with Crippen molar-refractivity contribution in [3.8, 4) is 11.5 Å². The van der Waals surface area contributed by atoms with Crippen molar-refractivity contribution in [3.05, 3.63) is 57.4 Å². The zero-order valence-electron chi connectivity index (χ0n) is 18.4.